The van der Waals surface area contributed by atoms with Crippen LogP contribution in [-0.4, -0.2) is 43.8 Å². The van der Waals surface area contributed by atoms with E-state index >= 15 is 0 Å². The van der Waals surface area contributed by atoms with Gasteiger partial charge in [0.2, 0.25) is 11.8 Å². The number of sulfonamides is 1. The average molecular weight is 701 g/mol. The first-order chi connectivity index (χ1) is 21.9. The minimum atomic E-state index is -4.33. The van der Waals surface area contributed by atoms with Crippen molar-refractivity contribution in [3.05, 3.63) is 129 Å². The van der Waals surface area contributed by atoms with Crippen LogP contribution in [0.25, 0.3) is 0 Å². The van der Waals surface area contributed by atoms with Gasteiger partial charge >= 0.3 is 0 Å². The van der Waals surface area contributed by atoms with Crippen LogP contribution in [-0.2, 0) is 32.6 Å². The van der Waals surface area contributed by atoms with E-state index in [9.17, 15) is 18.0 Å². The Balaban J connectivity index is 1.85. The van der Waals surface area contributed by atoms with E-state index in [1.807, 2.05) is 51.1 Å². The van der Waals surface area contributed by atoms with E-state index in [0.717, 1.165) is 15.4 Å². The first-order valence-corrected chi connectivity index (χ1v) is 17.4. The standard InChI is InChI=1S/C35H36Cl3N3O4S/c1-4-25(3)39-35(43)33(20-26-10-6-5-7-11-26)40(22-27-12-8-9-13-30(27)37)34(42)23-41(32-21-28(36)16-19-31(32)38)46(44,45)29-17-14-24(2)15-18-29/h5-19,21,25,33H,4,20,22-23H2,1-3H3,(H,39,43)/t25-,33-/m0/s1. The van der Waals surface area contributed by atoms with Gasteiger partial charge in [-0.05, 0) is 67.8 Å². The Morgan fingerprint density at radius 1 is 0.848 bits per heavy atom. The molecule has 4 rings (SSSR count). The maximum Gasteiger partial charge on any atom is 0.264 e. The Kier molecular flexibility index (Phi) is 12.1. The van der Waals surface area contributed by atoms with Gasteiger partial charge in [-0.3, -0.25) is 13.9 Å². The van der Waals surface area contributed by atoms with Crippen LogP contribution in [0.15, 0.2) is 102 Å². The lowest BCUT2D eigenvalue weighted by Gasteiger charge is -2.34. The number of amides is 2. The van der Waals surface area contributed by atoms with Gasteiger partial charge in [-0.1, -0.05) is 108 Å². The number of carbonyl (C=O) groups is 2. The summed E-state index contributed by atoms with van der Waals surface area (Å²) in [4.78, 5) is 29.9. The van der Waals surface area contributed by atoms with Gasteiger partial charge in [-0.15, -0.1) is 0 Å². The first kappa shape index (κ1) is 35.3. The van der Waals surface area contributed by atoms with Crippen molar-refractivity contribution in [2.75, 3.05) is 10.8 Å². The van der Waals surface area contributed by atoms with Gasteiger partial charge in [0.25, 0.3) is 10.0 Å². The zero-order valence-electron chi connectivity index (χ0n) is 25.8. The summed E-state index contributed by atoms with van der Waals surface area (Å²) in [6, 6.07) is 25.9. The fraction of sp³-hybridized carbons (Fsp3) is 0.257. The highest BCUT2D eigenvalue weighted by Gasteiger charge is 2.36. The van der Waals surface area contributed by atoms with E-state index < -0.39 is 28.5 Å². The molecule has 0 saturated heterocycles. The highest BCUT2D eigenvalue weighted by molar-refractivity contribution is 7.92. The maximum atomic E-state index is 14.6. The summed E-state index contributed by atoms with van der Waals surface area (Å²) >= 11 is 19.4. The molecule has 0 fully saturated rings. The Hall–Kier alpha value is -3.56. The largest absolute Gasteiger partial charge is 0.352 e. The van der Waals surface area contributed by atoms with Gasteiger partial charge in [0.15, 0.2) is 0 Å². The summed E-state index contributed by atoms with van der Waals surface area (Å²) in [7, 11) is -4.33. The van der Waals surface area contributed by atoms with Crippen LogP contribution in [0.2, 0.25) is 15.1 Å². The van der Waals surface area contributed by atoms with E-state index in [-0.39, 0.29) is 45.5 Å². The topological polar surface area (TPSA) is 86.8 Å². The molecule has 0 aliphatic carbocycles. The third-order valence-electron chi connectivity index (χ3n) is 7.64. The molecule has 0 unspecified atom stereocenters. The highest BCUT2D eigenvalue weighted by Crippen LogP contribution is 2.33. The van der Waals surface area contributed by atoms with Crippen LogP contribution in [0.3, 0.4) is 0 Å². The molecule has 4 aromatic carbocycles. The fourth-order valence-electron chi connectivity index (χ4n) is 4.83. The summed E-state index contributed by atoms with van der Waals surface area (Å²) < 4.78 is 29.4. The van der Waals surface area contributed by atoms with Crippen LogP contribution in [0.4, 0.5) is 5.69 Å². The van der Waals surface area contributed by atoms with Crippen molar-refractivity contribution in [1.82, 2.24) is 10.2 Å². The van der Waals surface area contributed by atoms with Crippen molar-refractivity contribution >= 4 is 62.3 Å². The Morgan fingerprint density at radius 3 is 2.15 bits per heavy atom. The first-order valence-electron chi connectivity index (χ1n) is 14.8. The number of carbonyl (C=O) groups excluding carboxylic acids is 2. The highest BCUT2D eigenvalue weighted by atomic mass is 35.5. The molecule has 7 nitrogen and oxygen atoms in total. The Morgan fingerprint density at radius 2 is 1.50 bits per heavy atom. The number of aryl methyl sites for hydroxylation is 1. The number of rotatable bonds is 13. The summed E-state index contributed by atoms with van der Waals surface area (Å²) in [5, 5.41) is 3.74. The smallest absolute Gasteiger partial charge is 0.264 e. The van der Waals surface area contributed by atoms with E-state index in [2.05, 4.69) is 5.32 Å². The molecule has 242 valence electrons. The van der Waals surface area contributed by atoms with Gasteiger partial charge < -0.3 is 10.2 Å². The van der Waals surface area contributed by atoms with E-state index in [4.69, 9.17) is 34.8 Å². The molecule has 0 aliphatic rings. The third kappa shape index (κ3) is 8.82. The molecule has 11 heteroatoms. The average Bonchev–Trinajstić information content (AvgIpc) is 3.04. The SMILES string of the molecule is CC[C@H](C)NC(=O)[C@H](Cc1ccccc1)N(Cc1ccccc1Cl)C(=O)CN(c1cc(Cl)ccc1Cl)S(=O)(=O)c1ccc(C)cc1. The minimum absolute atomic E-state index is 0.0319. The molecule has 2 atom stereocenters. The predicted molar refractivity (Wildman–Crippen MR) is 186 cm³/mol. The number of nitrogens with zero attached hydrogens (tertiary/aromatic N) is 2. The van der Waals surface area contributed by atoms with Crippen molar-refractivity contribution < 1.29 is 18.0 Å². The number of hydrogen-bond donors (Lipinski definition) is 1. The second kappa shape index (κ2) is 15.8. The normalized spacial score (nSPS) is 12.7. The van der Waals surface area contributed by atoms with E-state index in [1.54, 1.807) is 36.4 Å². The van der Waals surface area contributed by atoms with Gasteiger partial charge in [0, 0.05) is 29.1 Å². The molecule has 0 radical (unpaired) electrons. The van der Waals surface area contributed by atoms with E-state index in [1.165, 1.54) is 35.2 Å². The van der Waals surface area contributed by atoms with Crippen LogP contribution in [0.5, 0.6) is 0 Å². The Bertz CT molecular complexity index is 1770. The monoisotopic (exact) mass is 699 g/mol. The molecule has 0 heterocycles. The van der Waals surface area contributed by atoms with Gasteiger partial charge in [0.1, 0.15) is 12.6 Å². The van der Waals surface area contributed by atoms with Crippen LogP contribution in [0, 0.1) is 6.92 Å². The molecule has 0 bridgehead atoms. The molecular formula is C35H36Cl3N3O4S. The molecule has 0 aromatic heterocycles. The Labute approximate surface area is 286 Å². The molecule has 46 heavy (non-hydrogen) atoms. The predicted octanol–water partition coefficient (Wildman–Crippen LogP) is 7.71. The van der Waals surface area contributed by atoms with Crippen LogP contribution >= 0.6 is 34.8 Å². The van der Waals surface area contributed by atoms with Crippen molar-refractivity contribution in [2.45, 2.75) is 57.1 Å². The van der Waals surface area contributed by atoms with Crippen molar-refractivity contribution in [3.8, 4) is 0 Å². The lowest BCUT2D eigenvalue weighted by atomic mass is 10.0. The van der Waals surface area contributed by atoms with Crippen molar-refractivity contribution in [1.29, 1.82) is 0 Å². The minimum Gasteiger partial charge on any atom is -0.352 e. The van der Waals surface area contributed by atoms with Crippen molar-refractivity contribution in [2.24, 2.45) is 0 Å². The molecule has 0 spiro atoms. The summed E-state index contributed by atoms with van der Waals surface area (Å²) in [5.41, 5.74) is 2.32. The van der Waals surface area contributed by atoms with E-state index in [0.29, 0.717) is 17.0 Å². The molecule has 0 aliphatic heterocycles. The van der Waals surface area contributed by atoms with Gasteiger partial charge in [0.05, 0.1) is 15.6 Å². The van der Waals surface area contributed by atoms with Crippen LogP contribution in [0.1, 0.15) is 37.0 Å². The van der Waals surface area contributed by atoms with Crippen molar-refractivity contribution in [3.63, 3.8) is 0 Å². The van der Waals surface area contributed by atoms with Gasteiger partial charge in [-0.2, -0.15) is 0 Å². The molecule has 1 N–H and O–H groups in total. The number of halogens is 3. The summed E-state index contributed by atoms with van der Waals surface area (Å²) in [6.07, 6.45) is 0.861. The zero-order chi connectivity index (χ0) is 33.4. The number of nitrogens with one attached hydrogen (secondary N) is 1. The maximum absolute atomic E-state index is 14.6. The molecule has 0 saturated carbocycles. The van der Waals surface area contributed by atoms with Crippen LogP contribution < -0.4 is 9.62 Å². The second-order valence-corrected chi connectivity index (χ2v) is 14.2. The molecular weight excluding hydrogens is 665 g/mol. The number of anilines is 1. The molecule has 2 amide bonds. The lowest BCUT2D eigenvalue weighted by Crippen LogP contribution is -2.54. The summed E-state index contributed by atoms with van der Waals surface area (Å²) in [6.45, 7) is 4.96. The number of hydrogen-bond acceptors (Lipinski definition) is 4. The number of benzene rings is 4. The van der Waals surface area contributed by atoms with Gasteiger partial charge in [-0.25, -0.2) is 8.42 Å². The zero-order valence-corrected chi connectivity index (χ0v) is 28.9. The quantitative estimate of drug-likeness (QED) is 0.155. The fourth-order valence-corrected chi connectivity index (χ4v) is 6.89. The molecule has 4 aromatic rings. The third-order valence-corrected chi connectivity index (χ3v) is 10.3. The summed E-state index contributed by atoms with van der Waals surface area (Å²) in [5.74, 6) is -1.00. The second-order valence-electron chi connectivity index (χ2n) is 11.1. The lowest BCUT2D eigenvalue weighted by molar-refractivity contribution is -0.140.